The summed E-state index contributed by atoms with van der Waals surface area (Å²) in [5.74, 6) is -0.809. The van der Waals surface area contributed by atoms with Crippen molar-refractivity contribution in [1.82, 2.24) is 10.3 Å². The van der Waals surface area contributed by atoms with Gasteiger partial charge in [0.25, 0.3) is 0 Å². The number of anilines is 1. The number of piperazine rings is 1. The van der Waals surface area contributed by atoms with Gasteiger partial charge in [-0.15, -0.1) is 25.6 Å². The molecule has 172 valence electrons. The third-order valence-electron chi connectivity index (χ3n) is 4.85. The minimum Gasteiger partial charge on any atom is -0.404 e. The van der Waals surface area contributed by atoms with Gasteiger partial charge in [-0.3, -0.25) is 4.98 Å². The second-order valence-electron chi connectivity index (χ2n) is 6.90. The van der Waals surface area contributed by atoms with Crippen LogP contribution >= 0.6 is 28.3 Å². The average molecular weight is 553 g/mol. The zero-order valence-corrected chi connectivity index (χ0v) is 19.6. The van der Waals surface area contributed by atoms with Crippen LogP contribution in [0.15, 0.2) is 62.9 Å². The quantitative estimate of drug-likeness (QED) is 0.512. The summed E-state index contributed by atoms with van der Waals surface area (Å²) in [6.07, 6.45) is -3.87. The van der Waals surface area contributed by atoms with Crippen molar-refractivity contribution in [3.05, 3.63) is 53.1 Å². The molecule has 1 N–H and O–H groups in total. The Kier molecular flexibility index (Phi) is 7.23. The first kappa shape index (κ1) is 24.6. The number of rotatable bonds is 4. The molecule has 32 heavy (non-hydrogen) atoms. The number of para-hydroxylation sites is 1. The fourth-order valence-electron chi connectivity index (χ4n) is 3.47. The van der Waals surface area contributed by atoms with Gasteiger partial charge in [-0.25, -0.2) is 8.42 Å². The molecule has 0 saturated carbocycles. The second-order valence-corrected chi connectivity index (χ2v) is 9.73. The van der Waals surface area contributed by atoms with Crippen molar-refractivity contribution >= 4 is 54.8 Å². The smallest absolute Gasteiger partial charge is 0.404 e. The third-order valence-corrected chi connectivity index (χ3v) is 7.11. The van der Waals surface area contributed by atoms with Crippen LogP contribution in [0.3, 0.4) is 0 Å². The number of ether oxygens (including phenoxy) is 1. The van der Waals surface area contributed by atoms with Gasteiger partial charge in [0, 0.05) is 42.2 Å². The Bertz CT molecular complexity index is 1240. The molecule has 1 saturated heterocycles. The topological polar surface area (TPSA) is 71.5 Å². The molecular weight excluding hydrogens is 535 g/mol. The summed E-state index contributed by atoms with van der Waals surface area (Å²) in [6, 6.07) is 10.2. The Labute approximate surface area is 197 Å². The van der Waals surface area contributed by atoms with Crippen LogP contribution in [0.4, 0.5) is 18.9 Å². The van der Waals surface area contributed by atoms with Crippen molar-refractivity contribution in [1.29, 1.82) is 0 Å². The van der Waals surface area contributed by atoms with E-state index in [0.717, 1.165) is 44.0 Å². The van der Waals surface area contributed by atoms with E-state index in [9.17, 15) is 21.6 Å². The highest BCUT2D eigenvalue weighted by Gasteiger charge is 2.35. The van der Waals surface area contributed by atoms with Gasteiger partial charge < -0.3 is 15.0 Å². The van der Waals surface area contributed by atoms with E-state index in [-0.39, 0.29) is 21.8 Å². The molecule has 2 heterocycles. The SMILES string of the molecule is Cl.O=S(=O)(c1cnc2c(N3CCNCC3)cccc2c1)c1ccc(Br)cc1OC(F)(F)F. The molecule has 2 aromatic carbocycles. The van der Waals surface area contributed by atoms with Crippen molar-refractivity contribution in [3.63, 3.8) is 0 Å². The van der Waals surface area contributed by atoms with Crippen molar-refractivity contribution in [3.8, 4) is 5.75 Å². The maximum atomic E-state index is 13.2. The van der Waals surface area contributed by atoms with Gasteiger partial charge in [0.2, 0.25) is 9.84 Å². The van der Waals surface area contributed by atoms with E-state index in [1.165, 1.54) is 18.3 Å². The molecule has 1 aliphatic rings. The van der Waals surface area contributed by atoms with Gasteiger partial charge in [0.15, 0.2) is 0 Å². The molecule has 12 heteroatoms. The predicted molar refractivity (Wildman–Crippen MR) is 120 cm³/mol. The summed E-state index contributed by atoms with van der Waals surface area (Å²) in [7, 11) is -4.32. The molecule has 6 nitrogen and oxygen atoms in total. The molecule has 0 radical (unpaired) electrons. The average Bonchev–Trinajstić information content (AvgIpc) is 2.72. The standard InChI is InChI=1S/C20H17BrF3N3O3S.ClH/c21-14-4-5-18(17(11-14)30-20(22,23)24)31(28,29)15-10-13-2-1-3-16(19(13)26-12-15)27-8-6-25-7-9-27;/h1-5,10-12,25H,6-9H2;1H. The van der Waals surface area contributed by atoms with E-state index >= 15 is 0 Å². The maximum absolute atomic E-state index is 13.2. The van der Waals surface area contributed by atoms with E-state index in [2.05, 4.69) is 35.9 Å². The molecule has 3 aromatic rings. The Morgan fingerprint density at radius 1 is 1.09 bits per heavy atom. The van der Waals surface area contributed by atoms with Crippen molar-refractivity contribution in [2.45, 2.75) is 16.2 Å². The first-order valence-electron chi connectivity index (χ1n) is 9.30. The van der Waals surface area contributed by atoms with Gasteiger partial charge in [0.1, 0.15) is 10.6 Å². The van der Waals surface area contributed by atoms with Gasteiger partial charge in [-0.05, 0) is 30.3 Å². The normalized spacial score (nSPS) is 14.8. The zero-order chi connectivity index (χ0) is 22.2. The van der Waals surface area contributed by atoms with Gasteiger partial charge >= 0.3 is 6.36 Å². The lowest BCUT2D eigenvalue weighted by atomic mass is 10.1. The summed E-state index contributed by atoms with van der Waals surface area (Å²) >= 11 is 3.04. The van der Waals surface area contributed by atoms with Crippen LogP contribution in [0.1, 0.15) is 0 Å². The molecule has 0 unspecified atom stereocenters. The zero-order valence-electron chi connectivity index (χ0n) is 16.4. The van der Waals surface area contributed by atoms with Crippen LogP contribution < -0.4 is 15.0 Å². The van der Waals surface area contributed by atoms with Crippen LogP contribution in [-0.4, -0.2) is 45.9 Å². The number of hydrogen-bond acceptors (Lipinski definition) is 6. The number of halogens is 5. The summed E-state index contributed by atoms with van der Waals surface area (Å²) in [5.41, 5.74) is 1.51. The highest BCUT2D eigenvalue weighted by Crippen LogP contribution is 2.36. The highest BCUT2D eigenvalue weighted by atomic mass is 79.9. The maximum Gasteiger partial charge on any atom is 0.573 e. The first-order valence-corrected chi connectivity index (χ1v) is 11.6. The Morgan fingerprint density at radius 2 is 1.81 bits per heavy atom. The molecule has 0 amide bonds. The molecule has 0 atom stereocenters. The van der Waals surface area contributed by atoms with E-state index < -0.39 is 26.8 Å². The van der Waals surface area contributed by atoms with E-state index in [4.69, 9.17) is 0 Å². The van der Waals surface area contributed by atoms with Gasteiger partial charge in [0.05, 0.1) is 16.1 Å². The fourth-order valence-corrected chi connectivity index (χ4v) is 5.15. The molecule has 0 bridgehead atoms. The predicted octanol–water partition coefficient (Wildman–Crippen LogP) is 4.56. The molecule has 1 aromatic heterocycles. The number of alkyl halides is 3. The van der Waals surface area contributed by atoms with Gasteiger partial charge in [-0.2, -0.15) is 0 Å². The van der Waals surface area contributed by atoms with Gasteiger partial charge in [-0.1, -0.05) is 28.1 Å². The minimum absolute atomic E-state index is 0. The number of fused-ring (bicyclic) bond motifs is 1. The second kappa shape index (κ2) is 9.42. The van der Waals surface area contributed by atoms with Crippen LogP contribution in [0.2, 0.25) is 0 Å². The molecule has 0 aliphatic carbocycles. The van der Waals surface area contributed by atoms with Crippen molar-refractivity contribution < 1.29 is 26.3 Å². The molecule has 4 rings (SSSR count). The highest BCUT2D eigenvalue weighted by molar-refractivity contribution is 9.10. The lowest BCUT2D eigenvalue weighted by molar-refractivity contribution is -0.275. The number of hydrogen-bond donors (Lipinski definition) is 1. The van der Waals surface area contributed by atoms with Crippen molar-refractivity contribution in [2.75, 3.05) is 31.1 Å². The summed E-state index contributed by atoms with van der Waals surface area (Å²) < 4.78 is 69.0. The van der Waals surface area contributed by atoms with Crippen LogP contribution in [0, 0.1) is 0 Å². The summed E-state index contributed by atoms with van der Waals surface area (Å²) in [4.78, 5) is 5.71. The number of aromatic nitrogens is 1. The number of pyridine rings is 1. The van der Waals surface area contributed by atoms with Crippen molar-refractivity contribution in [2.24, 2.45) is 0 Å². The fraction of sp³-hybridized carbons (Fsp3) is 0.250. The number of benzene rings is 2. The van der Waals surface area contributed by atoms with Crippen LogP contribution in [-0.2, 0) is 9.84 Å². The largest absolute Gasteiger partial charge is 0.573 e. The minimum atomic E-state index is -5.04. The van der Waals surface area contributed by atoms with Crippen LogP contribution in [0.5, 0.6) is 5.75 Å². The monoisotopic (exact) mass is 551 g/mol. The van der Waals surface area contributed by atoms with E-state index in [0.29, 0.717) is 10.9 Å². The molecular formula is C20H18BrClF3N3O3S. The molecule has 1 aliphatic heterocycles. The number of nitrogens with one attached hydrogen (secondary N) is 1. The molecule has 1 fully saturated rings. The number of sulfone groups is 1. The Balaban J connectivity index is 0.00000289. The molecule has 0 spiro atoms. The van der Waals surface area contributed by atoms with E-state index in [1.54, 1.807) is 12.1 Å². The Hall–Kier alpha value is -2.08. The van der Waals surface area contributed by atoms with E-state index in [1.807, 2.05) is 6.07 Å². The summed E-state index contributed by atoms with van der Waals surface area (Å²) in [6.45, 7) is 3.23. The van der Waals surface area contributed by atoms with Crippen LogP contribution in [0.25, 0.3) is 10.9 Å². The third kappa shape index (κ3) is 5.11. The lowest BCUT2D eigenvalue weighted by Crippen LogP contribution is -2.43. The lowest BCUT2D eigenvalue weighted by Gasteiger charge is -2.30. The summed E-state index contributed by atoms with van der Waals surface area (Å²) in [5, 5.41) is 3.84. The Morgan fingerprint density at radius 3 is 2.50 bits per heavy atom. The number of nitrogens with zero attached hydrogens (tertiary/aromatic N) is 2. The first-order chi connectivity index (χ1) is 14.6.